The second-order valence-electron chi connectivity index (χ2n) is 22.6. The summed E-state index contributed by atoms with van der Waals surface area (Å²) in [5.74, 6) is 5.02. The number of hydrogen-bond acceptors (Lipinski definition) is 6. The van der Waals surface area contributed by atoms with Gasteiger partial charge in [0.25, 0.3) is 0 Å². The Kier molecular flexibility index (Phi) is 37.1. The van der Waals surface area contributed by atoms with Crippen molar-refractivity contribution in [2.24, 2.45) is 0 Å². The summed E-state index contributed by atoms with van der Waals surface area (Å²) in [7, 11) is 0. The zero-order chi connectivity index (χ0) is 53.9. The summed E-state index contributed by atoms with van der Waals surface area (Å²) < 4.78 is 41.0. The van der Waals surface area contributed by atoms with E-state index in [0.29, 0.717) is 39.6 Å². The minimum Gasteiger partial charge on any atom is -0.490 e. The fourth-order valence-electron chi connectivity index (χ4n) is 10.8. The van der Waals surface area contributed by atoms with E-state index in [1.807, 2.05) is 0 Å². The summed E-state index contributed by atoms with van der Waals surface area (Å²) in [6, 6.07) is 13.7. The molecule has 0 saturated carbocycles. The maximum Gasteiger partial charge on any atom is 0.161 e. The highest BCUT2D eigenvalue weighted by atomic mass is 16.5. The van der Waals surface area contributed by atoms with Gasteiger partial charge in [0.1, 0.15) is 0 Å². The molecule has 0 amide bonds. The van der Waals surface area contributed by atoms with Gasteiger partial charge in [-0.15, -0.1) is 0 Å². The lowest BCUT2D eigenvalue weighted by atomic mass is 9.93. The summed E-state index contributed by atoms with van der Waals surface area (Å²) in [6.07, 6.45) is 49.6. The highest BCUT2D eigenvalue weighted by Gasteiger charge is 2.21. The van der Waals surface area contributed by atoms with Crippen molar-refractivity contribution in [3.8, 4) is 34.5 Å². The quantitative estimate of drug-likeness (QED) is 0.0324. The van der Waals surface area contributed by atoms with E-state index >= 15 is 0 Å². The fraction of sp³-hybridized carbons (Fsp3) is 0.743. The zero-order valence-electron chi connectivity index (χ0n) is 50.4. The number of hydrogen-bond donors (Lipinski definition) is 0. The first kappa shape index (κ1) is 65.0. The number of benzene rings is 4. The lowest BCUT2D eigenvalue weighted by Gasteiger charge is -2.21. The van der Waals surface area contributed by atoms with Crippen LogP contribution in [0.5, 0.6) is 34.5 Å². The largest absolute Gasteiger partial charge is 0.490 e. The van der Waals surface area contributed by atoms with Crippen LogP contribution in [0.1, 0.15) is 298 Å². The molecule has 6 heteroatoms. The Morgan fingerprint density at radius 1 is 0.171 bits per heavy atom. The topological polar surface area (TPSA) is 55.4 Å². The third-order valence-electron chi connectivity index (χ3n) is 15.7. The van der Waals surface area contributed by atoms with Crippen LogP contribution < -0.4 is 28.4 Å². The second-order valence-corrected chi connectivity index (χ2v) is 22.6. The van der Waals surface area contributed by atoms with Gasteiger partial charge in [-0.25, -0.2) is 0 Å². The van der Waals surface area contributed by atoms with E-state index in [0.717, 1.165) is 105 Å². The number of rotatable bonds is 52. The fourth-order valence-corrected chi connectivity index (χ4v) is 10.8. The van der Waals surface area contributed by atoms with E-state index in [1.165, 1.54) is 218 Å². The molecule has 0 saturated heterocycles. The van der Waals surface area contributed by atoms with Crippen LogP contribution in [0.4, 0.5) is 0 Å². The minimum atomic E-state index is 0.676. The zero-order valence-corrected chi connectivity index (χ0v) is 50.4. The van der Waals surface area contributed by atoms with Gasteiger partial charge >= 0.3 is 0 Å². The molecule has 0 bridgehead atoms. The van der Waals surface area contributed by atoms with E-state index in [9.17, 15) is 0 Å². The summed E-state index contributed by atoms with van der Waals surface area (Å²) >= 11 is 0. The van der Waals surface area contributed by atoms with Crippen LogP contribution in [0.25, 0.3) is 32.3 Å². The van der Waals surface area contributed by atoms with Crippen molar-refractivity contribution in [2.45, 2.75) is 298 Å². The van der Waals surface area contributed by atoms with Crippen LogP contribution in [-0.2, 0) is 0 Å². The molecule has 4 aromatic rings. The molecular weight excluding hydrogens is 937 g/mol. The summed E-state index contributed by atoms with van der Waals surface area (Å²) in [5, 5.41) is 6.84. The first-order valence-corrected chi connectivity index (χ1v) is 32.9. The first-order valence-electron chi connectivity index (χ1n) is 32.9. The molecule has 0 N–H and O–H groups in total. The van der Waals surface area contributed by atoms with Crippen LogP contribution in [0.15, 0.2) is 36.4 Å². The molecule has 0 aliphatic rings. The molecule has 0 heterocycles. The predicted molar refractivity (Wildman–Crippen MR) is 331 cm³/mol. The third kappa shape index (κ3) is 25.9. The van der Waals surface area contributed by atoms with Gasteiger partial charge in [0.05, 0.1) is 39.6 Å². The summed E-state index contributed by atoms with van der Waals surface area (Å²) in [6.45, 7) is 17.8. The molecule has 0 aliphatic carbocycles. The Labute approximate surface area is 467 Å². The minimum absolute atomic E-state index is 0.676. The number of fused-ring (bicyclic) bond motifs is 6. The van der Waals surface area contributed by atoms with Crippen molar-refractivity contribution in [3.63, 3.8) is 0 Å². The van der Waals surface area contributed by atoms with Gasteiger partial charge in [0.15, 0.2) is 34.5 Å². The van der Waals surface area contributed by atoms with E-state index in [2.05, 4.69) is 77.9 Å². The lowest BCUT2D eigenvalue weighted by Crippen LogP contribution is -2.05. The van der Waals surface area contributed by atoms with Gasteiger partial charge in [-0.05, 0) is 107 Å². The second kappa shape index (κ2) is 43.4. The van der Waals surface area contributed by atoms with Crippen LogP contribution >= 0.6 is 0 Å². The number of ether oxygens (including phenoxy) is 6. The maximum absolute atomic E-state index is 6.86. The molecule has 76 heavy (non-hydrogen) atoms. The Balaban J connectivity index is 1.85. The van der Waals surface area contributed by atoms with Gasteiger partial charge < -0.3 is 28.4 Å². The molecule has 0 aromatic heterocycles. The molecule has 0 radical (unpaired) electrons. The van der Waals surface area contributed by atoms with Crippen LogP contribution in [-0.4, -0.2) is 39.6 Å². The maximum atomic E-state index is 6.86. The third-order valence-corrected chi connectivity index (χ3v) is 15.7. The Bertz CT molecular complexity index is 1900. The summed E-state index contributed by atoms with van der Waals surface area (Å²) in [5.41, 5.74) is 0. The molecule has 0 unspecified atom stereocenters. The first-order chi connectivity index (χ1) is 37.6. The molecular formula is C70H116O6. The SMILES string of the molecule is CCCCCCCCCCOc1cc2c3cc(OCCCCCCCC)c(OCCCCCCCC)cc3c3cc(OCCCCCCCC)c(OCCCCCCCC)cc3c2cc1OCCCCCCCCCC. The standard InChI is InChI=1S/C70H116O6/c1-7-13-19-25-31-33-39-45-51-75-69-57-63-61-55-67(73-49-43-37-29-23-17-11-5)65(71-47-41-35-27-21-15-9-3)53-59(61)60-54-66(72-48-42-36-28-22-16-10-4)68(74-50-44-38-30-24-18-12-6)56-62(60)64(63)58-70(69)76-52-46-40-34-32-26-20-14-8-2/h53-58H,7-52H2,1-6H3. The highest BCUT2D eigenvalue weighted by Crippen LogP contribution is 2.47. The number of unbranched alkanes of at least 4 members (excludes halogenated alkanes) is 34. The molecule has 0 spiro atoms. The van der Waals surface area contributed by atoms with Gasteiger partial charge in [-0.3, -0.25) is 0 Å². The molecule has 0 aliphatic heterocycles. The molecule has 0 atom stereocenters. The molecule has 432 valence electrons. The van der Waals surface area contributed by atoms with Gasteiger partial charge in [0.2, 0.25) is 0 Å². The van der Waals surface area contributed by atoms with Crippen molar-refractivity contribution in [1.29, 1.82) is 0 Å². The lowest BCUT2D eigenvalue weighted by molar-refractivity contribution is 0.258. The van der Waals surface area contributed by atoms with Gasteiger partial charge in [-0.1, -0.05) is 260 Å². The molecule has 4 rings (SSSR count). The van der Waals surface area contributed by atoms with Crippen LogP contribution in [0.2, 0.25) is 0 Å². The van der Waals surface area contributed by atoms with Crippen molar-refractivity contribution in [3.05, 3.63) is 36.4 Å². The average Bonchev–Trinajstić information content (AvgIpc) is 3.48. The van der Waals surface area contributed by atoms with Crippen molar-refractivity contribution in [1.82, 2.24) is 0 Å². The van der Waals surface area contributed by atoms with Gasteiger partial charge in [0, 0.05) is 0 Å². The normalized spacial score (nSPS) is 11.6. The molecule has 4 aromatic carbocycles. The van der Waals surface area contributed by atoms with Crippen LogP contribution in [0, 0.1) is 0 Å². The van der Waals surface area contributed by atoms with E-state index < -0.39 is 0 Å². The van der Waals surface area contributed by atoms with E-state index in [-0.39, 0.29) is 0 Å². The average molecular weight is 1050 g/mol. The molecule has 6 nitrogen and oxygen atoms in total. The van der Waals surface area contributed by atoms with Crippen molar-refractivity contribution in [2.75, 3.05) is 39.6 Å². The smallest absolute Gasteiger partial charge is 0.161 e. The van der Waals surface area contributed by atoms with Crippen molar-refractivity contribution >= 4 is 32.3 Å². The van der Waals surface area contributed by atoms with Gasteiger partial charge in [-0.2, -0.15) is 0 Å². The van der Waals surface area contributed by atoms with Crippen molar-refractivity contribution < 1.29 is 28.4 Å². The highest BCUT2D eigenvalue weighted by molar-refractivity contribution is 6.26. The van der Waals surface area contributed by atoms with E-state index in [4.69, 9.17) is 28.4 Å². The predicted octanol–water partition coefficient (Wildman–Crippen LogP) is 23.1. The van der Waals surface area contributed by atoms with Crippen LogP contribution in [0.3, 0.4) is 0 Å². The molecule has 0 fully saturated rings. The Morgan fingerprint density at radius 2 is 0.289 bits per heavy atom. The van der Waals surface area contributed by atoms with E-state index in [1.54, 1.807) is 0 Å². The monoisotopic (exact) mass is 1050 g/mol. The Hall–Kier alpha value is -3.54. The Morgan fingerprint density at radius 3 is 0.421 bits per heavy atom. The summed E-state index contributed by atoms with van der Waals surface area (Å²) in [4.78, 5) is 0.